The summed E-state index contributed by atoms with van der Waals surface area (Å²) < 4.78 is 22.2. The molecule has 0 bridgehead atoms. The van der Waals surface area contributed by atoms with E-state index < -0.39 is 9.84 Å². The van der Waals surface area contributed by atoms with Crippen molar-refractivity contribution in [3.63, 3.8) is 0 Å². The van der Waals surface area contributed by atoms with E-state index in [1.165, 1.54) is 17.4 Å². The molecule has 1 rings (SSSR count). The topological polar surface area (TPSA) is 46.2 Å². The van der Waals surface area contributed by atoms with Crippen LogP contribution in [0.1, 0.15) is 31.0 Å². The third-order valence-electron chi connectivity index (χ3n) is 3.26. The van der Waals surface area contributed by atoms with Crippen LogP contribution in [0, 0.1) is 5.92 Å². The van der Waals surface area contributed by atoms with Gasteiger partial charge in [0, 0.05) is 23.8 Å². The fraction of sp³-hybridized carbons (Fsp3) is 0.625. The van der Waals surface area contributed by atoms with E-state index >= 15 is 0 Å². The smallest absolute Gasteiger partial charge is 0.148 e. The highest BCUT2D eigenvalue weighted by Gasteiger charge is 2.10. The predicted octanol–water partition coefficient (Wildman–Crippen LogP) is 2.92. The van der Waals surface area contributed by atoms with E-state index in [0.29, 0.717) is 11.7 Å². The Morgan fingerprint density at radius 1 is 1.19 bits per heavy atom. The van der Waals surface area contributed by atoms with E-state index in [0.717, 1.165) is 12.2 Å². The molecule has 120 valence electrons. The summed E-state index contributed by atoms with van der Waals surface area (Å²) >= 11 is 1.68. The van der Waals surface area contributed by atoms with Crippen LogP contribution in [0.3, 0.4) is 0 Å². The molecule has 0 heterocycles. The van der Waals surface area contributed by atoms with E-state index in [4.69, 9.17) is 0 Å². The van der Waals surface area contributed by atoms with Gasteiger partial charge < -0.3 is 5.32 Å². The van der Waals surface area contributed by atoms with Crippen LogP contribution >= 0.6 is 11.8 Å². The molecule has 0 fully saturated rings. The number of nitrogens with one attached hydrogen (secondary N) is 1. The Labute approximate surface area is 133 Å². The number of rotatable bonds is 9. The second kappa shape index (κ2) is 8.81. The molecule has 1 aromatic rings. The molecule has 0 aliphatic heterocycles. The summed E-state index contributed by atoms with van der Waals surface area (Å²) in [4.78, 5) is 0. The maximum atomic E-state index is 11.1. The summed E-state index contributed by atoms with van der Waals surface area (Å²) in [7, 11) is -0.904. The molecular weight excluding hydrogens is 302 g/mol. The predicted molar refractivity (Wildman–Crippen MR) is 93.8 cm³/mol. The van der Waals surface area contributed by atoms with Crippen molar-refractivity contribution in [2.24, 2.45) is 5.92 Å². The highest BCUT2D eigenvalue weighted by atomic mass is 32.2. The molecule has 21 heavy (non-hydrogen) atoms. The van der Waals surface area contributed by atoms with Gasteiger partial charge in [-0.25, -0.2) is 8.42 Å². The third kappa shape index (κ3) is 7.88. The largest absolute Gasteiger partial charge is 0.312 e. The van der Waals surface area contributed by atoms with Crippen molar-refractivity contribution >= 4 is 21.6 Å². The van der Waals surface area contributed by atoms with Gasteiger partial charge in [0.15, 0.2) is 0 Å². The van der Waals surface area contributed by atoms with Gasteiger partial charge in [0.1, 0.15) is 9.84 Å². The van der Waals surface area contributed by atoms with Gasteiger partial charge in [-0.2, -0.15) is 11.8 Å². The minimum absolute atomic E-state index is 0.251. The summed E-state index contributed by atoms with van der Waals surface area (Å²) in [6.45, 7) is 4.45. The molecule has 1 N–H and O–H groups in total. The summed E-state index contributed by atoms with van der Waals surface area (Å²) in [6, 6.07) is 9.01. The third-order valence-corrected chi connectivity index (χ3v) is 5.52. The lowest BCUT2D eigenvalue weighted by Gasteiger charge is -2.17. The van der Waals surface area contributed by atoms with Crippen molar-refractivity contribution in [3.05, 3.63) is 35.4 Å². The first-order valence-electron chi connectivity index (χ1n) is 7.33. The number of thioether (sulfide) groups is 1. The fourth-order valence-corrected chi connectivity index (χ4v) is 4.56. The lowest BCUT2D eigenvalue weighted by Crippen LogP contribution is -2.19. The van der Waals surface area contributed by atoms with Gasteiger partial charge >= 0.3 is 0 Å². The van der Waals surface area contributed by atoms with E-state index in [2.05, 4.69) is 43.4 Å². The second-order valence-electron chi connectivity index (χ2n) is 5.89. The minimum Gasteiger partial charge on any atom is -0.312 e. The van der Waals surface area contributed by atoms with Crippen LogP contribution in [0.25, 0.3) is 0 Å². The number of hydrogen-bond acceptors (Lipinski definition) is 4. The molecule has 1 unspecified atom stereocenters. The van der Waals surface area contributed by atoms with Crippen molar-refractivity contribution in [2.45, 2.75) is 26.3 Å². The molecule has 0 saturated heterocycles. The molecule has 0 aromatic heterocycles. The van der Waals surface area contributed by atoms with E-state index in [1.807, 2.05) is 7.05 Å². The molecule has 0 aliphatic rings. The monoisotopic (exact) mass is 329 g/mol. The van der Waals surface area contributed by atoms with Crippen LogP contribution in [-0.4, -0.2) is 39.0 Å². The Bertz CT molecular complexity index is 510. The lowest BCUT2D eigenvalue weighted by atomic mass is 10.00. The van der Waals surface area contributed by atoms with Crippen LogP contribution in [0.2, 0.25) is 0 Å². The Kier molecular flexibility index (Phi) is 7.77. The highest BCUT2D eigenvalue weighted by Crippen LogP contribution is 2.20. The normalized spacial score (nSPS) is 13.6. The zero-order chi connectivity index (χ0) is 15.9. The van der Waals surface area contributed by atoms with E-state index in [1.54, 1.807) is 11.8 Å². The molecule has 1 atom stereocenters. The van der Waals surface area contributed by atoms with Crippen LogP contribution in [0.5, 0.6) is 0 Å². The minimum atomic E-state index is -2.85. The van der Waals surface area contributed by atoms with E-state index in [-0.39, 0.29) is 11.8 Å². The first-order valence-corrected chi connectivity index (χ1v) is 10.5. The number of hydrogen-bond donors (Lipinski definition) is 1. The van der Waals surface area contributed by atoms with Crippen LogP contribution in [0.15, 0.2) is 24.3 Å². The summed E-state index contributed by atoms with van der Waals surface area (Å²) in [6.07, 6.45) is 2.39. The Morgan fingerprint density at radius 3 is 2.29 bits per heavy atom. The van der Waals surface area contributed by atoms with Crippen molar-refractivity contribution in [1.29, 1.82) is 0 Å². The zero-order valence-electron chi connectivity index (χ0n) is 13.4. The van der Waals surface area contributed by atoms with Gasteiger partial charge in [0.2, 0.25) is 0 Å². The zero-order valence-corrected chi connectivity index (χ0v) is 15.1. The second-order valence-corrected chi connectivity index (χ2v) is 9.30. The lowest BCUT2D eigenvalue weighted by molar-refractivity contribution is 0.603. The first-order chi connectivity index (χ1) is 9.81. The van der Waals surface area contributed by atoms with Crippen molar-refractivity contribution < 1.29 is 8.42 Å². The van der Waals surface area contributed by atoms with Crippen molar-refractivity contribution in [2.75, 3.05) is 30.6 Å². The molecule has 0 radical (unpaired) electrons. The molecular formula is C16H27NO2S2. The average Bonchev–Trinajstić information content (AvgIpc) is 2.38. The molecule has 0 saturated carbocycles. The standard InChI is InChI=1S/C16H27NO2S2/c1-13(2)11-14-5-7-15(8-6-14)16(17-3)12-20-9-10-21(4,18)19/h5-8,13,16-17H,9-12H2,1-4H3. The van der Waals surface area contributed by atoms with Gasteiger partial charge in [0.25, 0.3) is 0 Å². The van der Waals surface area contributed by atoms with Gasteiger partial charge in [-0.15, -0.1) is 0 Å². The molecule has 3 nitrogen and oxygen atoms in total. The highest BCUT2D eigenvalue weighted by molar-refractivity contribution is 8.00. The van der Waals surface area contributed by atoms with E-state index in [9.17, 15) is 8.42 Å². The first kappa shape index (κ1) is 18.5. The summed E-state index contributed by atoms with van der Waals surface area (Å²) in [5, 5.41) is 3.31. The van der Waals surface area contributed by atoms with Crippen LogP contribution in [-0.2, 0) is 16.3 Å². The Hall–Kier alpha value is -0.520. The Morgan fingerprint density at radius 2 is 1.81 bits per heavy atom. The molecule has 0 spiro atoms. The molecule has 1 aromatic carbocycles. The van der Waals surface area contributed by atoms with Crippen molar-refractivity contribution in [3.8, 4) is 0 Å². The SMILES string of the molecule is CNC(CSCCS(C)(=O)=O)c1ccc(CC(C)C)cc1. The van der Waals surface area contributed by atoms with Gasteiger partial charge in [0.05, 0.1) is 5.75 Å². The summed E-state index contributed by atoms with van der Waals surface area (Å²) in [5.41, 5.74) is 2.63. The van der Waals surface area contributed by atoms with Crippen LogP contribution in [0.4, 0.5) is 0 Å². The van der Waals surface area contributed by atoms with Crippen LogP contribution < -0.4 is 5.32 Å². The molecule has 0 amide bonds. The number of benzene rings is 1. The summed E-state index contributed by atoms with van der Waals surface area (Å²) in [5.74, 6) is 2.46. The Balaban J connectivity index is 2.51. The number of sulfone groups is 1. The molecule has 0 aliphatic carbocycles. The fourth-order valence-electron chi connectivity index (χ4n) is 2.12. The average molecular weight is 330 g/mol. The molecule has 5 heteroatoms. The van der Waals surface area contributed by atoms with Gasteiger partial charge in [-0.1, -0.05) is 38.1 Å². The maximum Gasteiger partial charge on any atom is 0.148 e. The van der Waals surface area contributed by atoms with Gasteiger partial charge in [-0.3, -0.25) is 0 Å². The maximum absolute atomic E-state index is 11.1. The quantitative estimate of drug-likeness (QED) is 0.708. The van der Waals surface area contributed by atoms with Crippen molar-refractivity contribution in [1.82, 2.24) is 5.32 Å². The van der Waals surface area contributed by atoms with Gasteiger partial charge in [-0.05, 0) is 30.5 Å².